The largest absolute Gasteiger partial charge is 0.468 e. The van der Waals surface area contributed by atoms with Crippen LogP contribution in [0.2, 0.25) is 5.02 Å². The molecule has 10 heteroatoms. The van der Waals surface area contributed by atoms with Gasteiger partial charge in [0.1, 0.15) is 5.76 Å². The first-order valence-electron chi connectivity index (χ1n) is 9.97. The van der Waals surface area contributed by atoms with Gasteiger partial charge in [0.05, 0.1) is 28.4 Å². The van der Waals surface area contributed by atoms with Crippen LogP contribution in [0.5, 0.6) is 0 Å². The third kappa shape index (κ3) is 6.43. The predicted octanol–water partition coefficient (Wildman–Crippen LogP) is 4.58. The fourth-order valence-electron chi connectivity index (χ4n) is 3.07. The zero-order valence-electron chi connectivity index (χ0n) is 18.2. The maximum absolute atomic E-state index is 12.6. The van der Waals surface area contributed by atoms with Crippen LogP contribution in [0.25, 0.3) is 0 Å². The highest BCUT2D eigenvalue weighted by Crippen LogP contribution is 2.26. The second-order valence-electron chi connectivity index (χ2n) is 7.53. The van der Waals surface area contributed by atoms with Crippen molar-refractivity contribution < 1.29 is 17.6 Å². The number of carbonyl (C=O) groups excluding carboxylic acids is 1. The highest BCUT2D eigenvalue weighted by Gasteiger charge is 2.19. The molecule has 0 fully saturated rings. The van der Waals surface area contributed by atoms with Crippen LogP contribution >= 0.6 is 22.9 Å². The molecular formula is C22H26ClN3O4S2. The van der Waals surface area contributed by atoms with Gasteiger partial charge in [-0.2, -0.15) is 0 Å². The van der Waals surface area contributed by atoms with Gasteiger partial charge in [-0.25, -0.2) is 12.7 Å². The molecule has 0 aliphatic rings. The summed E-state index contributed by atoms with van der Waals surface area (Å²) in [6, 6.07) is 12.2. The summed E-state index contributed by atoms with van der Waals surface area (Å²) in [6.07, 6.45) is 1.85. The van der Waals surface area contributed by atoms with E-state index in [1.54, 1.807) is 17.6 Å². The molecule has 7 nitrogen and oxygen atoms in total. The minimum absolute atomic E-state index is 0.0645. The summed E-state index contributed by atoms with van der Waals surface area (Å²) in [4.78, 5) is 17.3. The molecular weight excluding hydrogens is 470 g/mol. The van der Waals surface area contributed by atoms with Crippen molar-refractivity contribution >= 4 is 44.6 Å². The Bertz CT molecular complexity index is 1160. The number of halogens is 1. The molecule has 1 N–H and O–H groups in total. The third-order valence-corrected chi connectivity index (χ3v) is 7.91. The smallest absolute Gasteiger partial charge is 0.242 e. The maximum atomic E-state index is 12.6. The van der Waals surface area contributed by atoms with Crippen LogP contribution in [-0.4, -0.2) is 44.2 Å². The summed E-state index contributed by atoms with van der Waals surface area (Å²) >= 11 is 7.92. The number of carbonyl (C=O) groups is 1. The standard InChI is InChI=1S/C22H26ClN3O4S2/c1-16-6-7-18(31-16)15-26(14-17-5-4-12-30-17)11-10-22(27)24-21-13-19(8-9-20(21)23)32(28,29)25(2)3/h4-9,12-13H,10-11,14-15H2,1-3H3,(H,24,27). The summed E-state index contributed by atoms with van der Waals surface area (Å²) < 4.78 is 31.3. The van der Waals surface area contributed by atoms with E-state index in [2.05, 4.69) is 29.3 Å². The van der Waals surface area contributed by atoms with Crippen LogP contribution in [0.15, 0.2) is 58.0 Å². The summed E-state index contributed by atoms with van der Waals surface area (Å²) in [6.45, 7) is 3.84. The van der Waals surface area contributed by atoms with Gasteiger partial charge in [-0.1, -0.05) is 11.6 Å². The number of sulfonamides is 1. The highest BCUT2D eigenvalue weighted by atomic mass is 35.5. The summed E-state index contributed by atoms with van der Waals surface area (Å²) in [7, 11) is -0.735. The molecule has 3 rings (SSSR count). The van der Waals surface area contributed by atoms with E-state index in [-0.39, 0.29) is 27.9 Å². The van der Waals surface area contributed by atoms with Gasteiger partial charge in [0.25, 0.3) is 0 Å². The van der Waals surface area contributed by atoms with Crippen LogP contribution in [-0.2, 0) is 27.9 Å². The molecule has 0 atom stereocenters. The minimum Gasteiger partial charge on any atom is -0.468 e. The van der Waals surface area contributed by atoms with Crippen molar-refractivity contribution in [2.75, 3.05) is 26.0 Å². The fraction of sp³-hybridized carbons (Fsp3) is 0.318. The molecule has 0 aliphatic heterocycles. The molecule has 0 saturated heterocycles. The number of anilines is 1. The number of rotatable bonds is 10. The second-order valence-corrected chi connectivity index (χ2v) is 11.5. The molecule has 0 radical (unpaired) electrons. The van der Waals surface area contributed by atoms with Crippen LogP contribution < -0.4 is 5.32 Å². The molecule has 1 aromatic carbocycles. The number of aryl methyl sites for hydroxylation is 1. The highest BCUT2D eigenvalue weighted by molar-refractivity contribution is 7.89. The SMILES string of the molecule is Cc1ccc(CN(CCC(=O)Nc2cc(S(=O)(=O)N(C)C)ccc2Cl)Cc2ccco2)s1. The molecule has 2 heterocycles. The quantitative estimate of drug-likeness (QED) is 0.445. The van der Waals surface area contributed by atoms with Crippen molar-refractivity contribution in [2.45, 2.75) is 31.3 Å². The van der Waals surface area contributed by atoms with Crippen molar-refractivity contribution in [1.29, 1.82) is 0 Å². The fourth-order valence-corrected chi connectivity index (χ4v) is 5.10. The molecule has 0 saturated carbocycles. The Balaban J connectivity index is 1.67. The molecule has 0 spiro atoms. The lowest BCUT2D eigenvalue weighted by molar-refractivity contribution is -0.116. The average molecular weight is 496 g/mol. The summed E-state index contributed by atoms with van der Waals surface area (Å²) in [5.41, 5.74) is 0.269. The number of nitrogens with one attached hydrogen (secondary N) is 1. The van der Waals surface area contributed by atoms with Crippen LogP contribution in [0.4, 0.5) is 5.69 Å². The lowest BCUT2D eigenvalue weighted by Gasteiger charge is -2.20. The minimum atomic E-state index is -3.63. The number of hydrogen-bond donors (Lipinski definition) is 1. The van der Waals surface area contributed by atoms with E-state index in [9.17, 15) is 13.2 Å². The molecule has 2 aromatic heterocycles. The number of amides is 1. The van der Waals surface area contributed by atoms with Crippen molar-refractivity contribution in [2.24, 2.45) is 0 Å². The van der Waals surface area contributed by atoms with Gasteiger partial charge in [0.2, 0.25) is 15.9 Å². The Morgan fingerprint density at radius 3 is 2.56 bits per heavy atom. The van der Waals surface area contributed by atoms with Crippen molar-refractivity contribution in [1.82, 2.24) is 9.21 Å². The lowest BCUT2D eigenvalue weighted by atomic mass is 10.2. The van der Waals surface area contributed by atoms with E-state index in [0.29, 0.717) is 19.6 Å². The van der Waals surface area contributed by atoms with Gasteiger partial charge in [0, 0.05) is 43.4 Å². The molecule has 32 heavy (non-hydrogen) atoms. The average Bonchev–Trinajstić information content (AvgIpc) is 3.39. The molecule has 172 valence electrons. The van der Waals surface area contributed by atoms with E-state index in [4.69, 9.17) is 16.0 Å². The third-order valence-electron chi connectivity index (χ3n) is 4.78. The Labute approximate surface area is 197 Å². The zero-order valence-corrected chi connectivity index (χ0v) is 20.6. The van der Waals surface area contributed by atoms with Crippen molar-refractivity contribution in [3.05, 3.63) is 69.3 Å². The van der Waals surface area contributed by atoms with Gasteiger partial charge in [0.15, 0.2) is 0 Å². The molecule has 3 aromatic rings. The van der Waals surface area contributed by atoms with Crippen LogP contribution in [0, 0.1) is 6.92 Å². The number of thiophene rings is 1. The maximum Gasteiger partial charge on any atom is 0.242 e. The Morgan fingerprint density at radius 1 is 1.16 bits per heavy atom. The van der Waals surface area contributed by atoms with Gasteiger partial charge < -0.3 is 9.73 Å². The van der Waals surface area contributed by atoms with E-state index in [0.717, 1.165) is 10.1 Å². The first-order valence-corrected chi connectivity index (χ1v) is 12.6. The first-order chi connectivity index (χ1) is 15.1. The Morgan fingerprint density at radius 2 is 1.94 bits per heavy atom. The zero-order chi connectivity index (χ0) is 23.3. The molecule has 0 unspecified atom stereocenters. The normalized spacial score (nSPS) is 11.9. The lowest BCUT2D eigenvalue weighted by Crippen LogP contribution is -2.27. The van der Waals surface area contributed by atoms with Crippen LogP contribution in [0.3, 0.4) is 0 Å². The topological polar surface area (TPSA) is 82.9 Å². The van der Waals surface area contributed by atoms with E-state index >= 15 is 0 Å². The Hall–Kier alpha value is -2.17. The molecule has 1 amide bonds. The summed E-state index contributed by atoms with van der Waals surface area (Å²) in [5, 5.41) is 3.02. The van der Waals surface area contributed by atoms with E-state index < -0.39 is 10.0 Å². The van der Waals surface area contributed by atoms with E-state index in [1.807, 2.05) is 12.1 Å². The summed E-state index contributed by atoms with van der Waals surface area (Å²) in [5.74, 6) is 0.571. The van der Waals surface area contributed by atoms with Crippen molar-refractivity contribution in [3.63, 3.8) is 0 Å². The predicted molar refractivity (Wildman–Crippen MR) is 127 cm³/mol. The monoisotopic (exact) mass is 495 g/mol. The molecule has 0 aliphatic carbocycles. The van der Waals surface area contributed by atoms with Crippen molar-refractivity contribution in [3.8, 4) is 0 Å². The first kappa shape index (κ1) is 24.5. The number of benzene rings is 1. The number of hydrogen-bond acceptors (Lipinski definition) is 6. The molecule has 0 bridgehead atoms. The van der Waals surface area contributed by atoms with Crippen LogP contribution in [0.1, 0.15) is 21.9 Å². The van der Waals surface area contributed by atoms with Gasteiger partial charge in [-0.15, -0.1) is 11.3 Å². The van der Waals surface area contributed by atoms with E-state index in [1.165, 1.54) is 42.0 Å². The van der Waals surface area contributed by atoms with Gasteiger partial charge >= 0.3 is 0 Å². The second kappa shape index (κ2) is 10.6. The Kier molecular flexibility index (Phi) is 8.13. The number of nitrogens with zero attached hydrogens (tertiary/aromatic N) is 2. The van der Waals surface area contributed by atoms with Gasteiger partial charge in [-0.05, 0) is 49.4 Å². The number of furan rings is 1. The van der Waals surface area contributed by atoms with Gasteiger partial charge in [-0.3, -0.25) is 9.69 Å².